The Labute approximate surface area is 351 Å². The third-order valence-electron chi connectivity index (χ3n) is 12.9. The van der Waals surface area contributed by atoms with E-state index in [2.05, 4.69) is 241 Å². The molecule has 280 valence electrons. The average molecular weight is 778 g/mol. The van der Waals surface area contributed by atoms with Crippen molar-refractivity contribution in [2.45, 2.75) is 0 Å². The van der Waals surface area contributed by atoms with Gasteiger partial charge in [-0.15, -0.1) is 0 Å². The topological polar surface area (TPSA) is 4.93 Å². The molecule has 11 aromatic rings. The minimum absolute atomic E-state index is 1.18. The fourth-order valence-corrected chi connectivity index (χ4v) is 15.4. The first kappa shape index (κ1) is 34.5. The summed E-state index contributed by atoms with van der Waals surface area (Å²) < 4.78 is 2.51. The van der Waals surface area contributed by atoms with E-state index >= 15 is 0 Å². The molecule has 2 heteroatoms. The second-order valence-electron chi connectivity index (χ2n) is 16.0. The summed E-state index contributed by atoms with van der Waals surface area (Å²) in [6.07, 6.45) is 0. The third kappa shape index (κ3) is 5.25. The van der Waals surface area contributed by atoms with E-state index in [9.17, 15) is 0 Å². The Morgan fingerprint density at radius 2 is 0.767 bits per heavy atom. The SMILES string of the molecule is c1ccc(-c2ccc3c(c2)c2cc(-c4ccccc4)ccc2n3-c2ccc3c(c2)[Si](c2ccccc2)(c2ccccc2)c2cc(-c4cccc5ccccc45)ccc2-3)cc1. The standard InChI is InChI=1S/C58H39NSi/c1-5-16-40(17-6-1)43-29-34-55-53(36-43)54-37-44(41-18-7-2-8-19-41)30-35-56(54)59(55)46-31-33-52-51-32-28-45(50-27-15-21-42-20-13-14-26-49(42)50)38-57(51)60(58(52)39-46,47-22-9-3-10-23-47)48-24-11-4-12-25-48/h1-39H. The van der Waals surface area contributed by atoms with Crippen LogP contribution in [0.4, 0.5) is 0 Å². The number of aromatic nitrogens is 1. The summed E-state index contributed by atoms with van der Waals surface area (Å²) in [4.78, 5) is 0. The zero-order valence-corrected chi connectivity index (χ0v) is 34.0. The van der Waals surface area contributed by atoms with E-state index in [-0.39, 0.29) is 0 Å². The van der Waals surface area contributed by atoms with Crippen molar-refractivity contribution >= 4 is 61.4 Å². The Kier molecular flexibility index (Phi) is 7.94. The van der Waals surface area contributed by atoms with Crippen LogP contribution in [0.3, 0.4) is 0 Å². The molecular weight excluding hydrogens is 739 g/mol. The van der Waals surface area contributed by atoms with E-state index in [4.69, 9.17) is 0 Å². The van der Waals surface area contributed by atoms with Gasteiger partial charge in [-0.25, -0.2) is 0 Å². The second-order valence-corrected chi connectivity index (χ2v) is 19.8. The molecule has 0 atom stereocenters. The highest BCUT2D eigenvalue weighted by atomic mass is 28.3. The maximum Gasteiger partial charge on any atom is 0.180 e. The minimum atomic E-state index is -2.86. The lowest BCUT2D eigenvalue weighted by molar-refractivity contribution is 1.18. The van der Waals surface area contributed by atoms with Gasteiger partial charge in [-0.2, -0.15) is 0 Å². The summed E-state index contributed by atoms with van der Waals surface area (Å²) in [6.45, 7) is 0. The Bertz CT molecular complexity index is 3260. The Morgan fingerprint density at radius 3 is 1.37 bits per heavy atom. The molecule has 0 saturated carbocycles. The average Bonchev–Trinajstić information content (AvgIpc) is 3.81. The maximum atomic E-state index is 2.55. The molecule has 0 aliphatic carbocycles. The van der Waals surface area contributed by atoms with Crippen LogP contribution in [0.2, 0.25) is 0 Å². The number of hydrogen-bond donors (Lipinski definition) is 0. The lowest BCUT2D eigenvalue weighted by Crippen LogP contribution is -2.72. The van der Waals surface area contributed by atoms with E-state index in [1.807, 2.05) is 0 Å². The highest BCUT2D eigenvalue weighted by molar-refractivity contribution is 7.22. The molecule has 1 nitrogen and oxygen atoms in total. The minimum Gasteiger partial charge on any atom is -0.309 e. The Hall–Kier alpha value is -7.52. The number of benzene rings is 10. The summed E-state index contributed by atoms with van der Waals surface area (Å²) in [5.41, 5.74) is 13.7. The summed E-state index contributed by atoms with van der Waals surface area (Å²) >= 11 is 0. The highest BCUT2D eigenvalue weighted by Crippen LogP contribution is 2.39. The van der Waals surface area contributed by atoms with Gasteiger partial charge in [-0.3, -0.25) is 0 Å². The molecule has 2 heterocycles. The molecule has 60 heavy (non-hydrogen) atoms. The quantitative estimate of drug-likeness (QED) is 0.148. The van der Waals surface area contributed by atoms with Crippen molar-refractivity contribution in [3.8, 4) is 50.2 Å². The Morgan fingerprint density at radius 1 is 0.283 bits per heavy atom. The van der Waals surface area contributed by atoms with Crippen LogP contribution < -0.4 is 20.7 Å². The monoisotopic (exact) mass is 777 g/mol. The van der Waals surface area contributed by atoms with Gasteiger partial charge in [0.1, 0.15) is 0 Å². The van der Waals surface area contributed by atoms with Crippen molar-refractivity contribution < 1.29 is 0 Å². The molecule has 1 aliphatic rings. The molecule has 0 amide bonds. The first-order valence-corrected chi connectivity index (χ1v) is 22.8. The van der Waals surface area contributed by atoms with Crippen LogP contribution >= 0.6 is 0 Å². The number of nitrogens with zero attached hydrogens (tertiary/aromatic N) is 1. The summed E-state index contributed by atoms with van der Waals surface area (Å²) in [7, 11) is -2.86. The van der Waals surface area contributed by atoms with Gasteiger partial charge in [0.25, 0.3) is 0 Å². The molecule has 0 N–H and O–H groups in total. The van der Waals surface area contributed by atoms with E-state index in [1.54, 1.807) is 0 Å². The van der Waals surface area contributed by atoms with Gasteiger partial charge in [0, 0.05) is 16.5 Å². The molecule has 0 radical (unpaired) electrons. The lowest BCUT2D eigenvalue weighted by Gasteiger charge is -2.32. The van der Waals surface area contributed by atoms with Crippen molar-refractivity contribution in [2.75, 3.05) is 0 Å². The zero-order chi connectivity index (χ0) is 39.6. The first-order chi connectivity index (χ1) is 29.8. The molecule has 0 saturated heterocycles. The van der Waals surface area contributed by atoms with Crippen molar-refractivity contribution in [1.29, 1.82) is 0 Å². The molecule has 0 spiro atoms. The highest BCUT2D eigenvalue weighted by Gasteiger charge is 2.49. The van der Waals surface area contributed by atoms with Crippen molar-refractivity contribution in [1.82, 2.24) is 4.57 Å². The van der Waals surface area contributed by atoms with Crippen LogP contribution in [0.15, 0.2) is 237 Å². The number of hydrogen-bond acceptors (Lipinski definition) is 0. The van der Waals surface area contributed by atoms with Crippen molar-refractivity contribution in [3.63, 3.8) is 0 Å². The fourth-order valence-electron chi connectivity index (χ4n) is 10.2. The summed E-state index contributed by atoms with van der Waals surface area (Å²) in [5.74, 6) is 0. The zero-order valence-electron chi connectivity index (χ0n) is 33.0. The van der Waals surface area contributed by atoms with Crippen molar-refractivity contribution in [3.05, 3.63) is 237 Å². The van der Waals surface area contributed by atoms with Crippen LogP contribution in [-0.2, 0) is 0 Å². The van der Waals surface area contributed by atoms with Crippen LogP contribution in [0, 0.1) is 0 Å². The molecule has 1 aromatic heterocycles. The van der Waals surface area contributed by atoms with Gasteiger partial charge in [0.05, 0.1) is 11.0 Å². The molecular formula is C58H39NSi. The Balaban J connectivity index is 1.14. The van der Waals surface area contributed by atoms with Crippen LogP contribution in [0.1, 0.15) is 0 Å². The fraction of sp³-hybridized carbons (Fsp3) is 0. The largest absolute Gasteiger partial charge is 0.309 e. The van der Waals surface area contributed by atoms with E-state index in [1.165, 1.54) is 104 Å². The third-order valence-corrected chi connectivity index (χ3v) is 17.7. The van der Waals surface area contributed by atoms with Gasteiger partial charge in [-0.05, 0) is 112 Å². The van der Waals surface area contributed by atoms with Gasteiger partial charge in [-0.1, -0.05) is 200 Å². The van der Waals surface area contributed by atoms with Crippen molar-refractivity contribution in [2.24, 2.45) is 0 Å². The van der Waals surface area contributed by atoms with E-state index < -0.39 is 8.07 Å². The summed E-state index contributed by atoms with van der Waals surface area (Å²) in [6, 6.07) is 88.3. The maximum absolute atomic E-state index is 2.86. The smallest absolute Gasteiger partial charge is 0.180 e. The van der Waals surface area contributed by atoms with Crippen LogP contribution in [0.25, 0.3) is 82.8 Å². The number of rotatable bonds is 6. The van der Waals surface area contributed by atoms with Gasteiger partial charge >= 0.3 is 0 Å². The number of fused-ring (bicyclic) bond motifs is 7. The second kappa shape index (κ2) is 13.8. The predicted octanol–water partition coefficient (Wildman–Crippen LogP) is 12.3. The summed E-state index contributed by atoms with van der Waals surface area (Å²) in [5, 5.41) is 10.7. The lowest BCUT2D eigenvalue weighted by atomic mass is 9.96. The van der Waals surface area contributed by atoms with Gasteiger partial charge in [0.15, 0.2) is 8.07 Å². The van der Waals surface area contributed by atoms with Gasteiger partial charge < -0.3 is 4.57 Å². The van der Waals surface area contributed by atoms with E-state index in [0.717, 1.165) is 0 Å². The molecule has 1 aliphatic heterocycles. The van der Waals surface area contributed by atoms with Crippen LogP contribution in [0.5, 0.6) is 0 Å². The first-order valence-electron chi connectivity index (χ1n) is 20.8. The normalized spacial score (nSPS) is 12.8. The molecule has 12 rings (SSSR count). The molecule has 0 fully saturated rings. The van der Waals surface area contributed by atoms with E-state index in [0.29, 0.717) is 0 Å². The van der Waals surface area contributed by atoms with Gasteiger partial charge in [0.2, 0.25) is 0 Å². The molecule has 10 aromatic carbocycles. The molecule has 0 bridgehead atoms. The molecule has 0 unspecified atom stereocenters. The predicted molar refractivity (Wildman–Crippen MR) is 257 cm³/mol. The van der Waals surface area contributed by atoms with Crippen LogP contribution in [-0.4, -0.2) is 12.6 Å².